The molecule has 4 heteroatoms. The predicted octanol–water partition coefficient (Wildman–Crippen LogP) is 0.532. The molecule has 16 heavy (non-hydrogen) atoms. The quantitative estimate of drug-likeness (QED) is 0.680. The van der Waals surface area contributed by atoms with E-state index in [1.807, 2.05) is 31.2 Å². The first-order valence-corrected chi connectivity index (χ1v) is 5.39. The maximum Gasteiger partial charge on any atom is 0.237 e. The number of carbonyl (C=O) groups excluding carboxylic acids is 1. The molecule has 1 amide bonds. The summed E-state index contributed by atoms with van der Waals surface area (Å²) in [6.45, 7) is 2.38. The molecule has 0 bridgehead atoms. The van der Waals surface area contributed by atoms with E-state index >= 15 is 0 Å². The average molecular weight is 222 g/mol. The highest BCUT2D eigenvalue weighted by Crippen LogP contribution is 2.04. The fourth-order valence-electron chi connectivity index (χ4n) is 1.27. The van der Waals surface area contributed by atoms with Crippen LogP contribution in [-0.2, 0) is 17.9 Å². The Morgan fingerprint density at radius 1 is 1.38 bits per heavy atom. The van der Waals surface area contributed by atoms with Gasteiger partial charge < -0.3 is 16.2 Å². The van der Waals surface area contributed by atoms with E-state index in [2.05, 4.69) is 5.32 Å². The van der Waals surface area contributed by atoms with Crippen molar-refractivity contribution in [2.24, 2.45) is 5.73 Å². The van der Waals surface area contributed by atoms with Crippen molar-refractivity contribution in [2.45, 2.75) is 32.5 Å². The number of aliphatic hydroxyl groups is 1. The first kappa shape index (κ1) is 12.7. The molecule has 0 aromatic heterocycles. The Morgan fingerprint density at radius 2 is 1.94 bits per heavy atom. The number of rotatable bonds is 5. The molecule has 1 aromatic rings. The number of amides is 1. The largest absolute Gasteiger partial charge is 0.392 e. The first-order valence-electron chi connectivity index (χ1n) is 5.39. The van der Waals surface area contributed by atoms with E-state index in [1.54, 1.807) is 0 Å². The molecule has 1 atom stereocenters. The van der Waals surface area contributed by atoms with Gasteiger partial charge in [0.2, 0.25) is 5.91 Å². The van der Waals surface area contributed by atoms with Gasteiger partial charge in [-0.15, -0.1) is 0 Å². The van der Waals surface area contributed by atoms with Crippen LogP contribution in [0.4, 0.5) is 0 Å². The fourth-order valence-corrected chi connectivity index (χ4v) is 1.27. The lowest BCUT2D eigenvalue weighted by Crippen LogP contribution is -2.39. The molecule has 0 spiro atoms. The van der Waals surface area contributed by atoms with Gasteiger partial charge in [-0.25, -0.2) is 0 Å². The zero-order valence-corrected chi connectivity index (χ0v) is 9.44. The minimum Gasteiger partial charge on any atom is -0.392 e. The van der Waals surface area contributed by atoms with Gasteiger partial charge in [0.05, 0.1) is 12.6 Å². The van der Waals surface area contributed by atoms with Gasteiger partial charge >= 0.3 is 0 Å². The summed E-state index contributed by atoms with van der Waals surface area (Å²) in [6.07, 6.45) is 0.634. The van der Waals surface area contributed by atoms with Crippen LogP contribution in [0.25, 0.3) is 0 Å². The van der Waals surface area contributed by atoms with Crippen molar-refractivity contribution in [1.82, 2.24) is 5.32 Å². The van der Waals surface area contributed by atoms with E-state index in [0.717, 1.165) is 11.1 Å². The summed E-state index contributed by atoms with van der Waals surface area (Å²) in [5.74, 6) is -0.131. The Bertz CT molecular complexity index is 335. The van der Waals surface area contributed by atoms with E-state index in [1.165, 1.54) is 0 Å². The third kappa shape index (κ3) is 3.64. The van der Waals surface area contributed by atoms with E-state index in [-0.39, 0.29) is 12.5 Å². The van der Waals surface area contributed by atoms with Crippen molar-refractivity contribution in [1.29, 1.82) is 0 Å². The predicted molar refractivity (Wildman–Crippen MR) is 62.5 cm³/mol. The standard InChI is InChI=1S/C12H18N2O2/c1-2-11(13)12(16)14-7-9-3-5-10(8-15)6-4-9/h3-6,11,15H,2,7-8,13H2,1H3,(H,14,16)/t11-/m0/s1. The normalized spacial score (nSPS) is 12.2. The van der Waals surface area contributed by atoms with Gasteiger partial charge in [0, 0.05) is 6.54 Å². The minimum absolute atomic E-state index is 0.0351. The van der Waals surface area contributed by atoms with Crippen LogP contribution in [0, 0.1) is 0 Å². The summed E-state index contributed by atoms with van der Waals surface area (Å²) in [5.41, 5.74) is 7.44. The van der Waals surface area contributed by atoms with Gasteiger partial charge in [0.1, 0.15) is 0 Å². The van der Waals surface area contributed by atoms with Crippen LogP contribution >= 0.6 is 0 Å². The third-order valence-corrected chi connectivity index (χ3v) is 2.45. The molecule has 0 aliphatic carbocycles. The Kier molecular flexibility index (Phi) is 4.95. The Balaban J connectivity index is 2.45. The smallest absolute Gasteiger partial charge is 0.237 e. The Morgan fingerprint density at radius 3 is 2.44 bits per heavy atom. The molecule has 4 nitrogen and oxygen atoms in total. The summed E-state index contributed by atoms with van der Waals surface area (Å²) in [4.78, 5) is 11.4. The second-order valence-corrected chi connectivity index (χ2v) is 3.71. The van der Waals surface area contributed by atoms with E-state index in [4.69, 9.17) is 10.8 Å². The van der Waals surface area contributed by atoms with Crippen LogP contribution in [-0.4, -0.2) is 17.1 Å². The van der Waals surface area contributed by atoms with Crippen molar-refractivity contribution < 1.29 is 9.90 Å². The Labute approximate surface area is 95.5 Å². The number of aliphatic hydroxyl groups excluding tert-OH is 1. The average Bonchev–Trinajstić information content (AvgIpc) is 2.35. The van der Waals surface area contributed by atoms with E-state index in [0.29, 0.717) is 13.0 Å². The lowest BCUT2D eigenvalue weighted by atomic mass is 10.1. The van der Waals surface area contributed by atoms with Crippen LogP contribution in [0.1, 0.15) is 24.5 Å². The van der Waals surface area contributed by atoms with Gasteiger partial charge in [-0.2, -0.15) is 0 Å². The van der Waals surface area contributed by atoms with Gasteiger partial charge in [-0.3, -0.25) is 4.79 Å². The molecule has 0 saturated heterocycles. The molecule has 0 aliphatic heterocycles. The van der Waals surface area contributed by atoms with Crippen molar-refractivity contribution in [3.8, 4) is 0 Å². The fraction of sp³-hybridized carbons (Fsp3) is 0.417. The zero-order chi connectivity index (χ0) is 12.0. The van der Waals surface area contributed by atoms with Crippen molar-refractivity contribution >= 4 is 5.91 Å². The molecule has 0 fully saturated rings. The number of hydrogen-bond donors (Lipinski definition) is 3. The molecule has 4 N–H and O–H groups in total. The highest BCUT2D eigenvalue weighted by molar-refractivity contribution is 5.81. The molecule has 0 heterocycles. The molecular weight excluding hydrogens is 204 g/mol. The van der Waals surface area contributed by atoms with Crippen LogP contribution in [0.2, 0.25) is 0 Å². The molecule has 88 valence electrons. The second kappa shape index (κ2) is 6.25. The second-order valence-electron chi connectivity index (χ2n) is 3.71. The van der Waals surface area contributed by atoms with Gasteiger partial charge in [0.25, 0.3) is 0 Å². The summed E-state index contributed by atoms with van der Waals surface area (Å²) in [7, 11) is 0. The molecule has 0 radical (unpaired) electrons. The van der Waals surface area contributed by atoms with Crippen molar-refractivity contribution in [3.63, 3.8) is 0 Å². The first-order chi connectivity index (χ1) is 7.67. The third-order valence-electron chi connectivity index (χ3n) is 2.45. The molecule has 0 unspecified atom stereocenters. The summed E-state index contributed by atoms with van der Waals surface area (Å²) < 4.78 is 0. The number of benzene rings is 1. The van der Waals surface area contributed by atoms with Crippen LogP contribution in [0.3, 0.4) is 0 Å². The highest BCUT2D eigenvalue weighted by Gasteiger charge is 2.09. The molecule has 1 aromatic carbocycles. The molecule has 0 saturated carbocycles. The highest BCUT2D eigenvalue weighted by atomic mass is 16.3. The number of carbonyl (C=O) groups is 1. The molecule has 0 aliphatic rings. The van der Waals surface area contributed by atoms with Crippen LogP contribution in [0.15, 0.2) is 24.3 Å². The van der Waals surface area contributed by atoms with Gasteiger partial charge in [0.15, 0.2) is 0 Å². The zero-order valence-electron chi connectivity index (χ0n) is 9.44. The monoisotopic (exact) mass is 222 g/mol. The van der Waals surface area contributed by atoms with Crippen LogP contribution < -0.4 is 11.1 Å². The summed E-state index contributed by atoms with van der Waals surface area (Å²) in [5, 5.41) is 11.6. The van der Waals surface area contributed by atoms with Gasteiger partial charge in [-0.05, 0) is 17.5 Å². The lowest BCUT2D eigenvalue weighted by Gasteiger charge is -2.10. The van der Waals surface area contributed by atoms with Crippen molar-refractivity contribution in [2.75, 3.05) is 0 Å². The van der Waals surface area contributed by atoms with Crippen LogP contribution in [0.5, 0.6) is 0 Å². The number of nitrogens with one attached hydrogen (secondary N) is 1. The summed E-state index contributed by atoms with van der Waals surface area (Å²) in [6, 6.07) is 6.99. The van der Waals surface area contributed by atoms with E-state index in [9.17, 15) is 4.79 Å². The SMILES string of the molecule is CC[C@H](N)C(=O)NCc1ccc(CO)cc1. The maximum atomic E-state index is 11.4. The maximum absolute atomic E-state index is 11.4. The minimum atomic E-state index is -0.434. The Hall–Kier alpha value is -1.39. The molecular formula is C12H18N2O2. The van der Waals surface area contributed by atoms with E-state index < -0.39 is 6.04 Å². The topological polar surface area (TPSA) is 75.4 Å². The molecule has 1 rings (SSSR count). The summed E-state index contributed by atoms with van der Waals surface area (Å²) >= 11 is 0. The number of nitrogens with two attached hydrogens (primary N) is 1. The number of hydrogen-bond acceptors (Lipinski definition) is 3. The lowest BCUT2D eigenvalue weighted by molar-refractivity contribution is -0.122. The van der Waals surface area contributed by atoms with Gasteiger partial charge in [-0.1, -0.05) is 31.2 Å². The van der Waals surface area contributed by atoms with Crippen molar-refractivity contribution in [3.05, 3.63) is 35.4 Å².